The van der Waals surface area contributed by atoms with Gasteiger partial charge in [-0.2, -0.15) is 13.2 Å². The Labute approximate surface area is 203 Å². The number of halogens is 3. The molecule has 1 aliphatic heterocycles. The normalized spacial score (nSPS) is 18.5. The van der Waals surface area contributed by atoms with E-state index >= 15 is 0 Å². The van der Waals surface area contributed by atoms with E-state index in [9.17, 15) is 22.8 Å². The SMILES string of the molecule is COC(=O)c1cn([C@H]2C[C@@H](C(=O)NCc3cccc(C(F)(F)F)c3)N(Cc3ccc(C)s3)C2)nn1. The molecule has 1 N–H and O–H groups in total. The lowest BCUT2D eigenvalue weighted by Gasteiger charge is -2.23. The molecule has 1 amide bonds. The molecular weight excluding hydrogens is 483 g/mol. The van der Waals surface area contributed by atoms with Gasteiger partial charge in [0.15, 0.2) is 5.69 Å². The molecule has 8 nitrogen and oxygen atoms in total. The fourth-order valence-electron chi connectivity index (χ4n) is 4.11. The second kappa shape index (κ2) is 10.2. The number of ether oxygens (including phenoxy) is 1. The predicted octanol–water partition coefficient (Wildman–Crippen LogP) is 3.59. The molecule has 1 fully saturated rings. The Bertz CT molecular complexity index is 1210. The number of amides is 1. The first kappa shape index (κ1) is 24.9. The molecule has 0 aliphatic carbocycles. The number of benzene rings is 1. The standard InChI is InChI=1S/C23H24F3N5O3S/c1-14-6-7-18(35-14)12-30-11-17(31-13-19(28-29-31)22(33)34-2)9-20(30)21(32)27-10-15-4-3-5-16(8-15)23(24,25)26/h3-8,13,17,20H,9-12H2,1-2H3,(H,27,32)/t17-,20-/m0/s1. The number of nitrogens with zero attached hydrogens (tertiary/aromatic N) is 4. The van der Waals surface area contributed by atoms with Gasteiger partial charge in [-0.15, -0.1) is 16.4 Å². The van der Waals surface area contributed by atoms with E-state index in [4.69, 9.17) is 0 Å². The number of thiophene rings is 1. The summed E-state index contributed by atoms with van der Waals surface area (Å²) in [5.74, 6) is -0.887. The van der Waals surface area contributed by atoms with E-state index in [0.29, 0.717) is 25.1 Å². The Kier molecular flexibility index (Phi) is 7.22. The molecule has 1 aliphatic rings. The third-order valence-electron chi connectivity index (χ3n) is 5.84. The molecule has 35 heavy (non-hydrogen) atoms. The number of nitrogens with one attached hydrogen (secondary N) is 1. The summed E-state index contributed by atoms with van der Waals surface area (Å²) in [5, 5.41) is 10.7. The number of hydrogen-bond donors (Lipinski definition) is 1. The van der Waals surface area contributed by atoms with Crippen molar-refractivity contribution in [3.63, 3.8) is 0 Å². The number of aryl methyl sites for hydroxylation is 1. The van der Waals surface area contributed by atoms with Crippen molar-refractivity contribution in [2.24, 2.45) is 0 Å². The Morgan fingerprint density at radius 3 is 2.74 bits per heavy atom. The van der Waals surface area contributed by atoms with Gasteiger partial charge >= 0.3 is 12.1 Å². The van der Waals surface area contributed by atoms with Crippen molar-refractivity contribution in [2.45, 2.75) is 44.7 Å². The van der Waals surface area contributed by atoms with Crippen LogP contribution in [0.15, 0.2) is 42.6 Å². The highest BCUT2D eigenvalue weighted by Gasteiger charge is 2.38. The molecule has 2 aromatic heterocycles. The van der Waals surface area contributed by atoms with Crippen LogP contribution < -0.4 is 5.32 Å². The zero-order valence-electron chi connectivity index (χ0n) is 19.1. The van der Waals surface area contributed by atoms with Crippen LogP contribution in [-0.4, -0.2) is 51.5 Å². The lowest BCUT2D eigenvalue weighted by Crippen LogP contribution is -2.42. The molecule has 3 heterocycles. The monoisotopic (exact) mass is 507 g/mol. The summed E-state index contributed by atoms with van der Waals surface area (Å²) >= 11 is 1.63. The minimum absolute atomic E-state index is 0.0221. The maximum Gasteiger partial charge on any atom is 0.416 e. The summed E-state index contributed by atoms with van der Waals surface area (Å²) in [5.41, 5.74) is -0.319. The molecule has 186 valence electrons. The van der Waals surface area contributed by atoms with Crippen LogP contribution >= 0.6 is 11.3 Å². The first-order valence-electron chi connectivity index (χ1n) is 10.9. The Morgan fingerprint density at radius 1 is 1.26 bits per heavy atom. The topological polar surface area (TPSA) is 89.4 Å². The quantitative estimate of drug-likeness (QED) is 0.492. The first-order valence-corrected chi connectivity index (χ1v) is 11.7. The van der Waals surface area contributed by atoms with Crippen LogP contribution in [0.3, 0.4) is 0 Å². The summed E-state index contributed by atoms with van der Waals surface area (Å²) in [6.07, 6.45) is -2.55. The summed E-state index contributed by atoms with van der Waals surface area (Å²) in [6, 6.07) is 8.18. The fraction of sp³-hybridized carbons (Fsp3) is 0.391. The molecule has 0 radical (unpaired) electrons. The number of hydrogen-bond acceptors (Lipinski definition) is 7. The largest absolute Gasteiger partial charge is 0.464 e. The molecule has 1 saturated heterocycles. The van der Waals surface area contributed by atoms with Crippen LogP contribution in [-0.2, 0) is 28.8 Å². The lowest BCUT2D eigenvalue weighted by atomic mass is 10.1. The van der Waals surface area contributed by atoms with Crippen molar-refractivity contribution in [3.05, 3.63) is 69.2 Å². The van der Waals surface area contributed by atoms with E-state index < -0.39 is 23.8 Å². The van der Waals surface area contributed by atoms with Gasteiger partial charge < -0.3 is 10.1 Å². The van der Waals surface area contributed by atoms with Crippen LogP contribution in [0.4, 0.5) is 13.2 Å². The van der Waals surface area contributed by atoms with Gasteiger partial charge in [0.25, 0.3) is 0 Å². The third kappa shape index (κ3) is 5.88. The van der Waals surface area contributed by atoms with Crippen molar-refractivity contribution in [1.29, 1.82) is 0 Å². The first-order chi connectivity index (χ1) is 16.6. The van der Waals surface area contributed by atoms with Crippen LogP contribution in [0.2, 0.25) is 0 Å². The zero-order chi connectivity index (χ0) is 25.2. The van der Waals surface area contributed by atoms with Crippen molar-refractivity contribution in [1.82, 2.24) is 25.2 Å². The number of alkyl halides is 3. The number of carbonyl (C=O) groups excluding carboxylic acids is 2. The molecule has 0 bridgehead atoms. The van der Waals surface area contributed by atoms with Gasteiger partial charge in [-0.05, 0) is 43.2 Å². The van der Waals surface area contributed by atoms with E-state index in [2.05, 4.69) is 20.4 Å². The molecule has 0 saturated carbocycles. The molecule has 12 heteroatoms. The molecule has 0 spiro atoms. The molecule has 3 aromatic rings. The van der Waals surface area contributed by atoms with Crippen LogP contribution in [0.5, 0.6) is 0 Å². The van der Waals surface area contributed by atoms with Gasteiger partial charge in [0.05, 0.1) is 31.0 Å². The molecule has 2 atom stereocenters. The van der Waals surface area contributed by atoms with Crippen LogP contribution in [0.25, 0.3) is 0 Å². The highest BCUT2D eigenvalue weighted by Crippen LogP contribution is 2.31. The average Bonchev–Trinajstić information content (AvgIpc) is 3.57. The highest BCUT2D eigenvalue weighted by molar-refractivity contribution is 7.11. The maximum atomic E-state index is 13.2. The Morgan fingerprint density at radius 2 is 2.06 bits per heavy atom. The van der Waals surface area contributed by atoms with Crippen molar-refractivity contribution >= 4 is 23.2 Å². The van der Waals surface area contributed by atoms with E-state index in [1.54, 1.807) is 22.1 Å². The van der Waals surface area contributed by atoms with E-state index in [0.717, 1.165) is 21.9 Å². The fourth-order valence-corrected chi connectivity index (χ4v) is 5.02. The number of methoxy groups -OCH3 is 1. The smallest absolute Gasteiger partial charge is 0.416 e. The average molecular weight is 508 g/mol. The maximum absolute atomic E-state index is 13.2. The predicted molar refractivity (Wildman–Crippen MR) is 122 cm³/mol. The molecular formula is C23H24F3N5O3S. The minimum Gasteiger partial charge on any atom is -0.464 e. The number of likely N-dealkylation sites (tertiary alicyclic amines) is 1. The van der Waals surface area contributed by atoms with Crippen molar-refractivity contribution in [2.75, 3.05) is 13.7 Å². The molecule has 1 aromatic carbocycles. The van der Waals surface area contributed by atoms with Crippen molar-refractivity contribution in [3.8, 4) is 0 Å². The number of aromatic nitrogens is 3. The van der Waals surface area contributed by atoms with Crippen LogP contribution in [0.1, 0.15) is 43.8 Å². The van der Waals surface area contributed by atoms with Crippen LogP contribution in [0, 0.1) is 6.92 Å². The summed E-state index contributed by atoms with van der Waals surface area (Å²) < 4.78 is 45.3. The van der Waals surface area contributed by atoms with Gasteiger partial charge in [-0.3, -0.25) is 9.69 Å². The van der Waals surface area contributed by atoms with E-state index in [-0.39, 0.29) is 24.2 Å². The van der Waals surface area contributed by atoms with Gasteiger partial charge in [-0.1, -0.05) is 17.3 Å². The number of rotatable bonds is 7. The van der Waals surface area contributed by atoms with Gasteiger partial charge in [0.1, 0.15) is 0 Å². The van der Waals surface area contributed by atoms with Crippen molar-refractivity contribution < 1.29 is 27.5 Å². The van der Waals surface area contributed by atoms with Gasteiger partial charge in [0.2, 0.25) is 5.91 Å². The summed E-state index contributed by atoms with van der Waals surface area (Å²) in [7, 11) is 1.26. The number of esters is 1. The highest BCUT2D eigenvalue weighted by atomic mass is 32.1. The lowest BCUT2D eigenvalue weighted by molar-refractivity contribution is -0.137. The van der Waals surface area contributed by atoms with Gasteiger partial charge in [-0.25, -0.2) is 9.48 Å². The second-order valence-electron chi connectivity index (χ2n) is 8.34. The zero-order valence-corrected chi connectivity index (χ0v) is 19.9. The van der Waals surface area contributed by atoms with E-state index in [1.165, 1.54) is 19.4 Å². The molecule has 0 unspecified atom stereocenters. The Balaban J connectivity index is 1.49. The summed E-state index contributed by atoms with van der Waals surface area (Å²) in [6.45, 7) is 3.01. The van der Waals surface area contributed by atoms with E-state index in [1.807, 2.05) is 24.0 Å². The third-order valence-corrected chi connectivity index (χ3v) is 6.82. The Hall–Kier alpha value is -3.25. The summed E-state index contributed by atoms with van der Waals surface area (Å²) in [4.78, 5) is 29.2. The van der Waals surface area contributed by atoms with Gasteiger partial charge in [0, 0.05) is 29.4 Å². The minimum atomic E-state index is -4.45. The number of carbonyl (C=O) groups is 2. The molecule has 4 rings (SSSR count). The second-order valence-corrected chi connectivity index (χ2v) is 9.71.